The van der Waals surface area contributed by atoms with Gasteiger partial charge in [-0.05, 0) is 38.2 Å². The predicted molar refractivity (Wildman–Crippen MR) is 87.0 cm³/mol. The maximum atomic E-state index is 12.6. The molecule has 2 heterocycles. The molecule has 0 unspecified atom stereocenters. The average molecular weight is 319 g/mol. The van der Waals surface area contributed by atoms with Gasteiger partial charge in [-0.15, -0.1) is 11.3 Å². The van der Waals surface area contributed by atoms with E-state index in [-0.39, 0.29) is 11.5 Å². The second-order valence-electron chi connectivity index (χ2n) is 5.49. The molecule has 0 radical (unpaired) electrons. The molecule has 6 heteroatoms. The molecule has 0 N–H and O–H groups in total. The van der Waals surface area contributed by atoms with Gasteiger partial charge in [0.1, 0.15) is 4.83 Å². The molecule has 2 aromatic rings. The van der Waals surface area contributed by atoms with Crippen LogP contribution in [-0.4, -0.2) is 15.3 Å². The summed E-state index contributed by atoms with van der Waals surface area (Å²) in [6, 6.07) is 2.21. The van der Waals surface area contributed by atoms with Crippen molar-refractivity contribution in [2.75, 3.05) is 5.75 Å². The summed E-state index contributed by atoms with van der Waals surface area (Å²) in [4.78, 5) is 19.5. The van der Waals surface area contributed by atoms with E-state index in [2.05, 4.69) is 11.1 Å². The van der Waals surface area contributed by atoms with E-state index < -0.39 is 0 Å². The van der Waals surface area contributed by atoms with Gasteiger partial charge in [-0.3, -0.25) is 9.36 Å². The normalized spacial score (nSPS) is 15.7. The van der Waals surface area contributed by atoms with Crippen molar-refractivity contribution in [3.8, 4) is 6.07 Å². The fraction of sp³-hybridized carbons (Fsp3) is 0.533. The summed E-state index contributed by atoms with van der Waals surface area (Å²) in [5.41, 5.74) is 1.29. The number of thioether (sulfide) groups is 1. The monoisotopic (exact) mass is 319 g/mol. The van der Waals surface area contributed by atoms with Crippen molar-refractivity contribution in [3.05, 3.63) is 20.8 Å². The number of fused-ring (bicyclic) bond motifs is 3. The van der Waals surface area contributed by atoms with Gasteiger partial charge in [0.2, 0.25) is 0 Å². The van der Waals surface area contributed by atoms with Crippen LogP contribution in [0.3, 0.4) is 0 Å². The van der Waals surface area contributed by atoms with E-state index in [1.165, 1.54) is 28.6 Å². The van der Waals surface area contributed by atoms with Gasteiger partial charge in [0, 0.05) is 17.7 Å². The van der Waals surface area contributed by atoms with Crippen molar-refractivity contribution in [1.29, 1.82) is 5.26 Å². The van der Waals surface area contributed by atoms with E-state index in [4.69, 9.17) is 5.26 Å². The largest absolute Gasteiger partial charge is 0.290 e. The molecule has 21 heavy (non-hydrogen) atoms. The summed E-state index contributed by atoms with van der Waals surface area (Å²) < 4.78 is 1.64. The minimum Gasteiger partial charge on any atom is -0.290 e. The van der Waals surface area contributed by atoms with Gasteiger partial charge in [0.25, 0.3) is 5.56 Å². The van der Waals surface area contributed by atoms with Crippen molar-refractivity contribution >= 4 is 33.3 Å². The lowest BCUT2D eigenvalue weighted by Gasteiger charge is -2.11. The van der Waals surface area contributed by atoms with E-state index in [0.29, 0.717) is 10.9 Å². The van der Waals surface area contributed by atoms with Crippen LogP contribution in [0.15, 0.2) is 9.95 Å². The summed E-state index contributed by atoms with van der Waals surface area (Å²) in [5.74, 6) is 0.618. The number of hydrogen-bond acceptors (Lipinski definition) is 5. The molecule has 0 amide bonds. The molecule has 0 bridgehead atoms. The molecule has 0 saturated carbocycles. The summed E-state index contributed by atoms with van der Waals surface area (Å²) >= 11 is 3.16. The zero-order valence-electron chi connectivity index (χ0n) is 12.2. The first-order valence-corrected chi connectivity index (χ1v) is 8.95. The molecule has 0 saturated heterocycles. The zero-order chi connectivity index (χ0) is 15.0. The number of thiophene rings is 1. The summed E-state index contributed by atoms with van der Waals surface area (Å²) in [7, 11) is 1.78. The molecular formula is C15H17N3OS2. The molecule has 2 aromatic heterocycles. The Hall–Kier alpha value is -1.32. The van der Waals surface area contributed by atoms with Crippen LogP contribution in [0, 0.1) is 17.2 Å². The lowest BCUT2D eigenvalue weighted by Crippen LogP contribution is -2.20. The highest BCUT2D eigenvalue weighted by Gasteiger charge is 2.21. The Bertz CT molecular complexity index is 785. The van der Waals surface area contributed by atoms with Crippen LogP contribution in [0.5, 0.6) is 0 Å². The highest BCUT2D eigenvalue weighted by Crippen LogP contribution is 2.34. The van der Waals surface area contributed by atoms with Crippen LogP contribution in [0.1, 0.15) is 30.2 Å². The summed E-state index contributed by atoms with van der Waals surface area (Å²) in [6.45, 7) is 1.88. The van der Waals surface area contributed by atoms with Crippen LogP contribution < -0.4 is 5.56 Å². The zero-order valence-corrected chi connectivity index (χ0v) is 13.8. The summed E-state index contributed by atoms with van der Waals surface area (Å²) in [5, 5.41) is 10.4. The van der Waals surface area contributed by atoms with Crippen LogP contribution in [0.2, 0.25) is 0 Å². The van der Waals surface area contributed by atoms with Crippen molar-refractivity contribution < 1.29 is 0 Å². The van der Waals surface area contributed by atoms with Crippen molar-refractivity contribution in [3.63, 3.8) is 0 Å². The lowest BCUT2D eigenvalue weighted by atomic mass is 9.97. The Labute approximate surface area is 131 Å². The van der Waals surface area contributed by atoms with Gasteiger partial charge in [0.15, 0.2) is 5.16 Å². The van der Waals surface area contributed by atoms with Crippen LogP contribution in [0.25, 0.3) is 10.2 Å². The molecule has 1 aliphatic carbocycles. The van der Waals surface area contributed by atoms with Gasteiger partial charge >= 0.3 is 0 Å². The number of rotatable bonds is 3. The van der Waals surface area contributed by atoms with Crippen molar-refractivity contribution in [2.24, 2.45) is 13.0 Å². The topological polar surface area (TPSA) is 58.7 Å². The predicted octanol–water partition coefficient (Wildman–Crippen LogP) is 3.13. The molecule has 0 aliphatic heterocycles. The fourth-order valence-corrected chi connectivity index (χ4v) is 4.85. The van der Waals surface area contributed by atoms with Gasteiger partial charge in [-0.25, -0.2) is 4.98 Å². The Morgan fingerprint density at radius 1 is 1.48 bits per heavy atom. The second kappa shape index (κ2) is 5.82. The van der Waals surface area contributed by atoms with E-state index in [9.17, 15) is 4.79 Å². The third-order valence-electron chi connectivity index (χ3n) is 3.84. The average Bonchev–Trinajstić information content (AvgIpc) is 2.87. The van der Waals surface area contributed by atoms with Gasteiger partial charge in [-0.2, -0.15) is 5.26 Å². The molecule has 0 aromatic carbocycles. The maximum absolute atomic E-state index is 12.6. The number of aryl methyl sites for hydroxylation is 2. The Balaban J connectivity index is 2.07. The lowest BCUT2D eigenvalue weighted by molar-refractivity contribution is 0.695. The van der Waals surface area contributed by atoms with Crippen LogP contribution in [0.4, 0.5) is 0 Å². The van der Waals surface area contributed by atoms with E-state index in [1.807, 2.05) is 6.92 Å². The number of hydrogen-bond donors (Lipinski definition) is 0. The third kappa shape index (κ3) is 2.60. The van der Waals surface area contributed by atoms with E-state index in [1.54, 1.807) is 23.0 Å². The van der Waals surface area contributed by atoms with Crippen LogP contribution in [-0.2, 0) is 19.9 Å². The first-order valence-electron chi connectivity index (χ1n) is 7.15. The number of nitrogens with zero attached hydrogens (tertiary/aromatic N) is 3. The second-order valence-corrected chi connectivity index (χ2v) is 7.56. The molecule has 0 fully saturated rings. The minimum absolute atomic E-state index is 0.0425. The van der Waals surface area contributed by atoms with Crippen molar-refractivity contribution in [2.45, 2.75) is 37.8 Å². The highest BCUT2D eigenvalue weighted by molar-refractivity contribution is 7.99. The van der Waals surface area contributed by atoms with Gasteiger partial charge < -0.3 is 0 Å². The first kappa shape index (κ1) is 14.6. The third-order valence-corrected chi connectivity index (χ3v) is 6.31. The fourth-order valence-electron chi connectivity index (χ4n) is 2.63. The first-order chi connectivity index (χ1) is 10.1. The smallest absolute Gasteiger partial charge is 0.262 e. The maximum Gasteiger partial charge on any atom is 0.262 e. The number of nitriles is 1. The van der Waals surface area contributed by atoms with E-state index in [0.717, 1.165) is 29.5 Å². The molecule has 3 rings (SSSR count). The van der Waals surface area contributed by atoms with Crippen LogP contribution >= 0.6 is 23.1 Å². The quantitative estimate of drug-likeness (QED) is 0.644. The summed E-state index contributed by atoms with van der Waals surface area (Å²) in [6.07, 6.45) is 4.46. The van der Waals surface area contributed by atoms with Gasteiger partial charge in [0.05, 0.1) is 17.4 Å². The molecule has 1 atom stereocenters. The van der Waals surface area contributed by atoms with E-state index >= 15 is 0 Å². The molecular weight excluding hydrogens is 302 g/mol. The molecule has 1 aliphatic rings. The molecule has 110 valence electrons. The standard InChI is InChI=1S/C15H17N3OS2/c1-9(7-16)8-20-15-17-13-12(14(19)18(15)2)10-5-3-4-6-11(10)21-13/h9H,3-6,8H2,1-2H3/t9-/m0/s1. The van der Waals surface area contributed by atoms with Gasteiger partial charge in [-0.1, -0.05) is 11.8 Å². The Kier molecular flexibility index (Phi) is 4.05. The highest BCUT2D eigenvalue weighted by atomic mass is 32.2. The van der Waals surface area contributed by atoms with Crippen molar-refractivity contribution in [1.82, 2.24) is 9.55 Å². The minimum atomic E-state index is -0.0425. The molecule has 0 spiro atoms. The SMILES string of the molecule is C[C@@H](C#N)CSc1nc2sc3c(c2c(=O)n1C)CCCC3. The number of aromatic nitrogens is 2. The Morgan fingerprint density at radius 2 is 2.24 bits per heavy atom. The molecule has 4 nitrogen and oxygen atoms in total. The Morgan fingerprint density at radius 3 is 3.00 bits per heavy atom.